The quantitative estimate of drug-likeness (QED) is 0.612. The summed E-state index contributed by atoms with van der Waals surface area (Å²) in [4.78, 5) is 2.17. The third-order valence-corrected chi connectivity index (χ3v) is 3.56. The molecule has 1 aliphatic carbocycles. The van der Waals surface area contributed by atoms with E-state index in [1.54, 1.807) is 0 Å². The first-order valence-corrected chi connectivity index (χ1v) is 5.20. The van der Waals surface area contributed by atoms with Crippen molar-refractivity contribution in [2.45, 2.75) is 38.5 Å². The minimum Gasteiger partial charge on any atom is -0.303 e. The number of likely N-dealkylation sites (tertiary alicyclic amines) is 1. The molecule has 2 fully saturated rings. The van der Waals surface area contributed by atoms with Crippen LogP contribution in [0.1, 0.15) is 32.6 Å². The van der Waals surface area contributed by atoms with Gasteiger partial charge in [-0.25, -0.2) is 8.78 Å². The van der Waals surface area contributed by atoms with Gasteiger partial charge in [-0.2, -0.15) is 0 Å². The van der Waals surface area contributed by atoms with Gasteiger partial charge in [0.2, 0.25) is 0 Å². The molecule has 76 valence electrons. The van der Waals surface area contributed by atoms with E-state index in [4.69, 9.17) is 0 Å². The van der Waals surface area contributed by atoms with E-state index in [2.05, 4.69) is 11.8 Å². The average Bonchev–Trinajstić information content (AvgIpc) is 2.68. The van der Waals surface area contributed by atoms with Crippen molar-refractivity contribution >= 4 is 0 Å². The van der Waals surface area contributed by atoms with Crippen LogP contribution in [0.3, 0.4) is 0 Å². The normalized spacial score (nSPS) is 39.0. The van der Waals surface area contributed by atoms with Crippen LogP contribution in [0.25, 0.3) is 0 Å². The summed E-state index contributed by atoms with van der Waals surface area (Å²) in [5.41, 5.74) is -0.625. The molecular weight excluding hydrogens is 172 g/mol. The fraction of sp³-hybridized carbons (Fsp3) is 1.00. The summed E-state index contributed by atoms with van der Waals surface area (Å²) in [6.45, 7) is 4.60. The maximum absolute atomic E-state index is 13.1. The zero-order chi connectivity index (χ0) is 9.53. The van der Waals surface area contributed by atoms with Gasteiger partial charge in [0, 0.05) is 13.0 Å². The second-order valence-corrected chi connectivity index (χ2v) is 4.49. The Balaban J connectivity index is 2.04. The molecule has 0 aromatic heterocycles. The van der Waals surface area contributed by atoms with Crippen molar-refractivity contribution in [1.82, 2.24) is 4.90 Å². The highest BCUT2D eigenvalue weighted by Gasteiger charge is 2.70. The van der Waals surface area contributed by atoms with Crippen LogP contribution in [-0.4, -0.2) is 30.5 Å². The van der Waals surface area contributed by atoms with Crippen LogP contribution < -0.4 is 0 Å². The van der Waals surface area contributed by atoms with Gasteiger partial charge in [0.05, 0.1) is 5.41 Å². The summed E-state index contributed by atoms with van der Waals surface area (Å²) >= 11 is 0. The zero-order valence-corrected chi connectivity index (χ0v) is 8.15. The van der Waals surface area contributed by atoms with Crippen molar-refractivity contribution in [1.29, 1.82) is 0 Å². The summed E-state index contributed by atoms with van der Waals surface area (Å²) in [6, 6.07) is 0. The van der Waals surface area contributed by atoms with Crippen molar-refractivity contribution in [3.63, 3.8) is 0 Å². The third-order valence-electron chi connectivity index (χ3n) is 3.56. The second kappa shape index (κ2) is 2.91. The van der Waals surface area contributed by atoms with Crippen molar-refractivity contribution in [2.24, 2.45) is 5.41 Å². The Morgan fingerprint density at radius 1 is 1.31 bits per heavy atom. The molecule has 0 amide bonds. The van der Waals surface area contributed by atoms with Gasteiger partial charge in [-0.3, -0.25) is 0 Å². The second-order valence-electron chi connectivity index (χ2n) is 4.49. The SMILES string of the molecule is CCN1CCCCC2(C1)CC2(F)F. The molecule has 1 saturated carbocycles. The van der Waals surface area contributed by atoms with E-state index in [0.29, 0.717) is 6.54 Å². The van der Waals surface area contributed by atoms with E-state index in [9.17, 15) is 8.78 Å². The van der Waals surface area contributed by atoms with Crippen LogP contribution in [0.4, 0.5) is 8.78 Å². The van der Waals surface area contributed by atoms with Gasteiger partial charge in [-0.05, 0) is 25.9 Å². The maximum atomic E-state index is 13.1. The van der Waals surface area contributed by atoms with Gasteiger partial charge >= 0.3 is 0 Å². The smallest absolute Gasteiger partial charge is 0.255 e. The molecule has 1 aliphatic heterocycles. The minimum atomic E-state index is -2.36. The Morgan fingerprint density at radius 3 is 2.54 bits per heavy atom. The first-order chi connectivity index (χ1) is 6.10. The van der Waals surface area contributed by atoms with E-state index in [-0.39, 0.29) is 6.42 Å². The van der Waals surface area contributed by atoms with E-state index in [0.717, 1.165) is 32.4 Å². The molecule has 3 heteroatoms. The predicted molar refractivity (Wildman–Crippen MR) is 48.0 cm³/mol. The minimum absolute atomic E-state index is 0.135. The number of alkyl halides is 2. The van der Waals surface area contributed by atoms with Crippen LogP contribution in [0.5, 0.6) is 0 Å². The summed E-state index contributed by atoms with van der Waals surface area (Å²) in [6.07, 6.45) is 2.94. The van der Waals surface area contributed by atoms with Crippen LogP contribution in [0.15, 0.2) is 0 Å². The fourth-order valence-electron chi connectivity index (χ4n) is 2.48. The molecule has 1 unspecified atom stereocenters. The van der Waals surface area contributed by atoms with Crippen molar-refractivity contribution in [3.8, 4) is 0 Å². The number of rotatable bonds is 1. The van der Waals surface area contributed by atoms with Crippen molar-refractivity contribution < 1.29 is 8.78 Å². The number of halogens is 2. The highest BCUT2D eigenvalue weighted by molar-refractivity contribution is 5.11. The van der Waals surface area contributed by atoms with Crippen molar-refractivity contribution in [3.05, 3.63) is 0 Å². The molecule has 0 N–H and O–H groups in total. The zero-order valence-electron chi connectivity index (χ0n) is 8.15. The molecule has 1 saturated heterocycles. The molecule has 0 aromatic carbocycles. The highest BCUT2D eigenvalue weighted by Crippen LogP contribution is 2.64. The lowest BCUT2D eigenvalue weighted by Crippen LogP contribution is -2.31. The van der Waals surface area contributed by atoms with E-state index < -0.39 is 11.3 Å². The molecule has 1 nitrogen and oxygen atoms in total. The number of hydrogen-bond donors (Lipinski definition) is 0. The van der Waals surface area contributed by atoms with Gasteiger partial charge in [0.1, 0.15) is 0 Å². The van der Waals surface area contributed by atoms with Crippen LogP contribution in [0, 0.1) is 5.41 Å². The molecule has 2 aliphatic rings. The van der Waals surface area contributed by atoms with E-state index in [1.807, 2.05) is 0 Å². The van der Waals surface area contributed by atoms with E-state index in [1.165, 1.54) is 0 Å². The summed E-state index contributed by atoms with van der Waals surface area (Å²) in [5, 5.41) is 0. The lowest BCUT2D eigenvalue weighted by Gasteiger charge is -2.22. The van der Waals surface area contributed by atoms with Gasteiger partial charge in [0.25, 0.3) is 5.92 Å². The topological polar surface area (TPSA) is 3.24 Å². The standard InChI is InChI=1S/C10H17F2N/c1-2-13-6-4-3-5-9(8-13)7-10(9,11)12/h2-8H2,1H3. The molecule has 13 heavy (non-hydrogen) atoms. The van der Waals surface area contributed by atoms with Crippen LogP contribution in [-0.2, 0) is 0 Å². The Morgan fingerprint density at radius 2 is 2.00 bits per heavy atom. The average molecular weight is 189 g/mol. The molecule has 0 radical (unpaired) electrons. The Hall–Kier alpha value is -0.180. The summed E-state index contributed by atoms with van der Waals surface area (Å²) < 4.78 is 26.3. The molecular formula is C10H17F2N. The number of hydrogen-bond acceptors (Lipinski definition) is 1. The van der Waals surface area contributed by atoms with Crippen LogP contribution in [0.2, 0.25) is 0 Å². The maximum Gasteiger partial charge on any atom is 0.255 e. The van der Waals surface area contributed by atoms with Crippen molar-refractivity contribution in [2.75, 3.05) is 19.6 Å². The lowest BCUT2D eigenvalue weighted by atomic mass is 10.00. The highest BCUT2D eigenvalue weighted by atomic mass is 19.3. The Kier molecular flexibility index (Phi) is 2.10. The fourth-order valence-corrected chi connectivity index (χ4v) is 2.48. The van der Waals surface area contributed by atoms with Gasteiger partial charge in [-0.1, -0.05) is 13.3 Å². The molecule has 2 rings (SSSR count). The third kappa shape index (κ3) is 1.47. The Labute approximate surface area is 78.1 Å². The number of nitrogens with zero attached hydrogens (tertiary/aromatic N) is 1. The lowest BCUT2D eigenvalue weighted by molar-refractivity contribution is 0.0486. The molecule has 1 spiro atoms. The molecule has 0 aromatic rings. The monoisotopic (exact) mass is 189 g/mol. The molecule has 1 heterocycles. The van der Waals surface area contributed by atoms with Gasteiger partial charge in [-0.15, -0.1) is 0 Å². The van der Waals surface area contributed by atoms with E-state index >= 15 is 0 Å². The Bertz CT molecular complexity index is 205. The summed E-state index contributed by atoms with van der Waals surface area (Å²) in [5.74, 6) is -2.36. The largest absolute Gasteiger partial charge is 0.303 e. The summed E-state index contributed by atoms with van der Waals surface area (Å²) in [7, 11) is 0. The predicted octanol–water partition coefficient (Wildman–Crippen LogP) is 2.52. The van der Waals surface area contributed by atoms with Gasteiger partial charge in [0.15, 0.2) is 0 Å². The van der Waals surface area contributed by atoms with Gasteiger partial charge < -0.3 is 4.90 Å². The molecule has 0 bridgehead atoms. The van der Waals surface area contributed by atoms with Crippen LogP contribution >= 0.6 is 0 Å². The first kappa shape index (κ1) is 9.38. The molecule has 1 atom stereocenters. The first-order valence-electron chi connectivity index (χ1n) is 5.20.